The molecule has 2 heterocycles. The molecule has 102 valence electrons. The number of anilines is 1. The van der Waals surface area contributed by atoms with Gasteiger partial charge in [-0.2, -0.15) is 0 Å². The highest BCUT2D eigenvalue weighted by Crippen LogP contribution is 2.24. The Morgan fingerprint density at radius 3 is 2.68 bits per heavy atom. The van der Waals surface area contributed by atoms with Crippen LogP contribution in [0.5, 0.6) is 0 Å². The van der Waals surface area contributed by atoms with Crippen molar-refractivity contribution in [3.05, 3.63) is 27.0 Å². The normalized spacial score (nSPS) is 11.4. The van der Waals surface area contributed by atoms with Crippen LogP contribution in [0.3, 0.4) is 0 Å². The topological polar surface area (TPSA) is 138 Å². The predicted molar refractivity (Wildman–Crippen MR) is 70.2 cm³/mol. The summed E-state index contributed by atoms with van der Waals surface area (Å²) in [6, 6.07) is 0. The minimum Gasteiger partial charge on any atom is -0.313 e. The highest BCUT2D eigenvalue weighted by molar-refractivity contribution is 8.00. The first-order chi connectivity index (χ1) is 8.92. The van der Waals surface area contributed by atoms with Crippen molar-refractivity contribution in [3.63, 3.8) is 0 Å². The Balaban J connectivity index is 2.37. The third-order valence-electron chi connectivity index (χ3n) is 1.88. The number of thioether (sulfide) groups is 1. The Labute approximate surface area is 114 Å². The lowest BCUT2D eigenvalue weighted by Crippen LogP contribution is -2.29. The smallest absolute Gasteiger partial charge is 0.313 e. The molecule has 2 rings (SSSR count). The van der Waals surface area contributed by atoms with Crippen molar-refractivity contribution in [1.29, 1.82) is 0 Å². The van der Waals surface area contributed by atoms with Gasteiger partial charge in [0.2, 0.25) is 5.13 Å². The van der Waals surface area contributed by atoms with Crippen molar-refractivity contribution in [2.75, 3.05) is 11.0 Å². The molecule has 0 aliphatic heterocycles. The van der Waals surface area contributed by atoms with E-state index in [0.717, 1.165) is 17.5 Å². The molecule has 0 bridgehead atoms. The number of hydrogen-bond donors (Lipinski definition) is 3. The van der Waals surface area contributed by atoms with Gasteiger partial charge in [-0.15, -0.1) is 10.2 Å². The zero-order chi connectivity index (χ0) is 14.0. The Morgan fingerprint density at radius 2 is 2.11 bits per heavy atom. The Kier molecular flexibility index (Phi) is 3.73. The largest absolute Gasteiger partial charge is 0.325 e. The maximum atomic E-state index is 11.9. The first-order valence-electron chi connectivity index (χ1n) is 4.65. The van der Waals surface area contributed by atoms with Gasteiger partial charge in [-0.05, 0) is 6.26 Å². The Bertz CT molecular complexity index is 804. The molecule has 0 saturated heterocycles. The molecule has 9 nitrogen and oxygen atoms in total. The van der Waals surface area contributed by atoms with Crippen LogP contribution in [0.1, 0.15) is 0 Å². The number of sulfonamides is 1. The summed E-state index contributed by atoms with van der Waals surface area (Å²) in [5.74, 6) is 0. The van der Waals surface area contributed by atoms with E-state index in [2.05, 4.69) is 19.9 Å². The average molecular weight is 321 g/mol. The van der Waals surface area contributed by atoms with Gasteiger partial charge in [0.05, 0.1) is 0 Å². The summed E-state index contributed by atoms with van der Waals surface area (Å²) in [4.78, 5) is 25.5. The Hall–Kier alpha value is -1.66. The van der Waals surface area contributed by atoms with Crippen LogP contribution in [-0.4, -0.2) is 34.8 Å². The second-order valence-electron chi connectivity index (χ2n) is 3.12. The van der Waals surface area contributed by atoms with Gasteiger partial charge in [0, 0.05) is 6.20 Å². The molecule has 0 fully saturated rings. The number of nitrogens with one attached hydrogen (secondary N) is 3. The van der Waals surface area contributed by atoms with Crippen LogP contribution in [0.4, 0.5) is 5.13 Å². The molecular weight excluding hydrogens is 314 g/mol. The summed E-state index contributed by atoms with van der Waals surface area (Å²) < 4.78 is 26.5. The van der Waals surface area contributed by atoms with E-state index in [-0.39, 0.29) is 5.13 Å². The minimum atomic E-state index is -4.12. The fourth-order valence-electron chi connectivity index (χ4n) is 1.10. The molecule has 12 heteroatoms. The van der Waals surface area contributed by atoms with E-state index in [4.69, 9.17) is 0 Å². The first kappa shape index (κ1) is 13.8. The minimum absolute atomic E-state index is 0.0370. The molecule has 0 saturated carbocycles. The zero-order valence-corrected chi connectivity index (χ0v) is 11.8. The number of hydrogen-bond acceptors (Lipinski definition) is 8. The molecule has 2 aromatic rings. The van der Waals surface area contributed by atoms with Crippen LogP contribution in [0.15, 0.2) is 25.0 Å². The number of nitrogens with zero attached hydrogens (tertiary/aromatic N) is 2. The van der Waals surface area contributed by atoms with E-state index in [0.29, 0.717) is 4.34 Å². The number of rotatable bonds is 4. The van der Waals surface area contributed by atoms with E-state index >= 15 is 0 Å². The third kappa shape index (κ3) is 3.02. The first-order valence-corrected chi connectivity index (χ1v) is 8.17. The number of H-pyrrole nitrogens is 2. The van der Waals surface area contributed by atoms with Gasteiger partial charge in [-0.1, -0.05) is 23.1 Å². The summed E-state index contributed by atoms with van der Waals surface area (Å²) in [6.07, 6.45) is 2.59. The molecular formula is C7H7N5O4S3. The van der Waals surface area contributed by atoms with Crippen LogP contribution in [0.25, 0.3) is 0 Å². The molecule has 0 spiro atoms. The molecule has 0 amide bonds. The lowest BCUT2D eigenvalue weighted by Gasteiger charge is -2.02. The monoisotopic (exact) mass is 321 g/mol. The summed E-state index contributed by atoms with van der Waals surface area (Å²) >= 11 is 2.34. The van der Waals surface area contributed by atoms with Crippen molar-refractivity contribution >= 4 is 38.3 Å². The van der Waals surface area contributed by atoms with E-state index in [1.54, 1.807) is 6.26 Å². The van der Waals surface area contributed by atoms with E-state index in [1.165, 1.54) is 11.8 Å². The number of aromatic nitrogens is 4. The van der Waals surface area contributed by atoms with Gasteiger partial charge < -0.3 is 4.98 Å². The standard InChI is InChI=1S/C7H7N5O4S3/c1-17-7-11-10-6(18-7)12-19(15,16)3-2-8-5(14)9-4(3)13/h2H,1H3,(H,10,12)(H2,8,9,13,14). The third-order valence-corrected chi connectivity index (χ3v) is 5.17. The molecule has 3 N–H and O–H groups in total. The lowest BCUT2D eigenvalue weighted by atomic mass is 10.7. The maximum absolute atomic E-state index is 11.9. The van der Waals surface area contributed by atoms with Crippen molar-refractivity contribution in [3.8, 4) is 0 Å². The van der Waals surface area contributed by atoms with E-state index in [9.17, 15) is 18.0 Å². The summed E-state index contributed by atoms with van der Waals surface area (Å²) in [5.41, 5.74) is -1.80. The maximum Gasteiger partial charge on any atom is 0.325 e. The second-order valence-corrected chi connectivity index (χ2v) is 6.80. The number of aromatic amines is 2. The molecule has 0 aliphatic rings. The second kappa shape index (κ2) is 5.14. The fraction of sp³-hybridized carbons (Fsp3) is 0.143. The van der Waals surface area contributed by atoms with Crippen LogP contribution in [-0.2, 0) is 10.0 Å². The van der Waals surface area contributed by atoms with Crippen LogP contribution in [0, 0.1) is 0 Å². The highest BCUT2D eigenvalue weighted by atomic mass is 32.2. The molecule has 0 radical (unpaired) electrons. The Morgan fingerprint density at radius 1 is 1.37 bits per heavy atom. The van der Waals surface area contributed by atoms with Gasteiger partial charge in [0.15, 0.2) is 9.24 Å². The molecule has 0 aromatic carbocycles. The highest BCUT2D eigenvalue weighted by Gasteiger charge is 2.20. The van der Waals surface area contributed by atoms with Crippen LogP contribution < -0.4 is 16.0 Å². The summed E-state index contributed by atoms with van der Waals surface area (Å²) in [7, 11) is -4.12. The predicted octanol–water partition coefficient (Wildman–Crippen LogP) is -0.563. The van der Waals surface area contributed by atoms with Crippen molar-refractivity contribution in [1.82, 2.24) is 20.2 Å². The van der Waals surface area contributed by atoms with Gasteiger partial charge >= 0.3 is 5.69 Å². The molecule has 19 heavy (non-hydrogen) atoms. The van der Waals surface area contributed by atoms with Gasteiger partial charge in [0.1, 0.15) is 0 Å². The SMILES string of the molecule is CSc1nnc(NS(=O)(=O)c2c[nH]c(=O)[nH]c2=O)s1. The van der Waals surface area contributed by atoms with Crippen LogP contribution >= 0.6 is 23.1 Å². The van der Waals surface area contributed by atoms with Crippen molar-refractivity contribution in [2.24, 2.45) is 0 Å². The van der Waals surface area contributed by atoms with Crippen molar-refractivity contribution < 1.29 is 8.42 Å². The van der Waals surface area contributed by atoms with Crippen LogP contribution in [0.2, 0.25) is 0 Å². The summed E-state index contributed by atoms with van der Waals surface area (Å²) in [6.45, 7) is 0. The quantitative estimate of drug-likeness (QED) is 0.641. The average Bonchev–Trinajstić information content (AvgIpc) is 2.75. The molecule has 0 aliphatic carbocycles. The van der Waals surface area contributed by atoms with Gasteiger partial charge in [-0.25, -0.2) is 13.2 Å². The van der Waals surface area contributed by atoms with Crippen molar-refractivity contribution in [2.45, 2.75) is 9.24 Å². The zero-order valence-electron chi connectivity index (χ0n) is 9.33. The molecule has 0 atom stereocenters. The summed E-state index contributed by atoms with van der Waals surface area (Å²) in [5, 5.41) is 7.37. The van der Waals surface area contributed by atoms with E-state index in [1.807, 2.05) is 4.98 Å². The molecule has 0 unspecified atom stereocenters. The van der Waals surface area contributed by atoms with E-state index < -0.39 is 26.2 Å². The fourth-order valence-corrected chi connectivity index (χ4v) is 3.51. The van der Waals surface area contributed by atoms with Gasteiger partial charge in [0.25, 0.3) is 15.6 Å². The van der Waals surface area contributed by atoms with Gasteiger partial charge in [-0.3, -0.25) is 14.5 Å². The molecule has 2 aromatic heterocycles. The lowest BCUT2D eigenvalue weighted by molar-refractivity contribution is 0.599.